The van der Waals surface area contributed by atoms with E-state index < -0.39 is 11.9 Å². The highest BCUT2D eigenvalue weighted by molar-refractivity contribution is 6.32. The lowest BCUT2D eigenvalue weighted by Gasteiger charge is -2.23. The lowest BCUT2D eigenvalue weighted by Crippen LogP contribution is -2.23. The Bertz CT molecular complexity index is 1240. The molecule has 0 fully saturated rings. The maximum Gasteiger partial charge on any atom is 0.335 e. The van der Waals surface area contributed by atoms with Crippen LogP contribution in [0.1, 0.15) is 28.7 Å². The van der Waals surface area contributed by atoms with Crippen LogP contribution >= 0.6 is 11.6 Å². The van der Waals surface area contributed by atoms with Crippen LogP contribution in [-0.4, -0.2) is 33.6 Å². The van der Waals surface area contributed by atoms with E-state index in [-0.39, 0.29) is 30.1 Å². The lowest BCUT2D eigenvalue weighted by atomic mass is 10.1. The van der Waals surface area contributed by atoms with Crippen molar-refractivity contribution in [2.75, 3.05) is 11.4 Å². The van der Waals surface area contributed by atoms with Crippen LogP contribution in [0.4, 0.5) is 5.69 Å². The van der Waals surface area contributed by atoms with E-state index in [1.807, 2.05) is 4.90 Å². The van der Waals surface area contributed by atoms with E-state index in [9.17, 15) is 14.4 Å². The Kier molecular flexibility index (Phi) is 6.58. The zero-order valence-electron chi connectivity index (χ0n) is 16.5. The number of H-pyrrole nitrogens is 1. The number of esters is 1. The van der Waals surface area contributed by atoms with Crippen LogP contribution in [0, 0.1) is 12.3 Å². The first-order chi connectivity index (χ1) is 14.8. The third-order valence-electron chi connectivity index (χ3n) is 4.46. The Hall–Kier alpha value is -3.83. The monoisotopic (exact) mass is 439 g/mol. The number of nitrogens with zero attached hydrogens (tertiary/aromatic N) is 2. The van der Waals surface area contributed by atoms with Crippen molar-refractivity contribution in [1.29, 1.82) is 0 Å². The van der Waals surface area contributed by atoms with E-state index in [1.165, 1.54) is 19.1 Å². The fourth-order valence-corrected chi connectivity index (χ4v) is 3.20. The maximum atomic E-state index is 12.5. The number of rotatable bonds is 7. The Morgan fingerprint density at radius 3 is 2.61 bits per heavy atom. The van der Waals surface area contributed by atoms with E-state index in [1.54, 1.807) is 24.3 Å². The lowest BCUT2D eigenvalue weighted by molar-refractivity contribution is -0.142. The number of carbonyl (C=O) groups excluding carboxylic acids is 1. The minimum Gasteiger partial charge on any atom is -0.478 e. The van der Waals surface area contributed by atoms with Gasteiger partial charge in [0.1, 0.15) is 12.4 Å². The summed E-state index contributed by atoms with van der Waals surface area (Å²) in [5, 5.41) is 9.78. The van der Waals surface area contributed by atoms with Gasteiger partial charge in [-0.1, -0.05) is 17.5 Å². The Balaban J connectivity index is 1.94. The van der Waals surface area contributed by atoms with Crippen LogP contribution in [0.2, 0.25) is 5.02 Å². The number of ether oxygens (including phenoxy) is 1. The first kappa shape index (κ1) is 21.9. The number of halogens is 1. The van der Waals surface area contributed by atoms with Gasteiger partial charge in [-0.3, -0.25) is 9.59 Å². The molecule has 158 valence electrons. The molecule has 0 aliphatic rings. The van der Waals surface area contributed by atoms with Gasteiger partial charge in [-0.05, 0) is 42.0 Å². The largest absolute Gasteiger partial charge is 0.478 e. The highest BCUT2D eigenvalue weighted by atomic mass is 35.5. The van der Waals surface area contributed by atoms with Gasteiger partial charge in [0.15, 0.2) is 0 Å². The number of hydrogen-bond acceptors (Lipinski definition) is 6. The fraction of sp³-hybridized carbons (Fsp3) is 0.182. The normalized spacial score (nSPS) is 10.5. The second-order valence-electron chi connectivity index (χ2n) is 6.67. The number of anilines is 1. The molecule has 9 heteroatoms. The molecule has 0 spiro atoms. The van der Waals surface area contributed by atoms with Crippen molar-refractivity contribution in [3.05, 3.63) is 68.7 Å². The van der Waals surface area contributed by atoms with Gasteiger partial charge in [0.25, 0.3) is 5.56 Å². The first-order valence-corrected chi connectivity index (χ1v) is 9.52. The highest BCUT2D eigenvalue weighted by Gasteiger charge is 2.14. The van der Waals surface area contributed by atoms with Crippen molar-refractivity contribution in [2.45, 2.75) is 20.1 Å². The molecule has 2 N–H and O–H groups in total. The summed E-state index contributed by atoms with van der Waals surface area (Å²) >= 11 is 6.44. The highest BCUT2D eigenvalue weighted by Crippen LogP contribution is 2.25. The van der Waals surface area contributed by atoms with Gasteiger partial charge in [0, 0.05) is 24.2 Å². The topological polar surface area (TPSA) is 113 Å². The first-order valence-electron chi connectivity index (χ1n) is 9.15. The van der Waals surface area contributed by atoms with E-state index >= 15 is 0 Å². The van der Waals surface area contributed by atoms with Gasteiger partial charge in [0.2, 0.25) is 0 Å². The summed E-state index contributed by atoms with van der Waals surface area (Å²) in [4.78, 5) is 43.3. The van der Waals surface area contributed by atoms with Crippen molar-refractivity contribution in [1.82, 2.24) is 9.97 Å². The minimum absolute atomic E-state index is 0.151. The third-order valence-corrected chi connectivity index (χ3v) is 4.81. The van der Waals surface area contributed by atoms with Gasteiger partial charge in [-0.2, -0.15) is 0 Å². The summed E-state index contributed by atoms with van der Waals surface area (Å²) in [5.41, 5.74) is 1.50. The standard InChI is InChI=1S/C22H18ClN3O5/c1-3-8-26(16-6-4-14(5-7-16)22(29)30)11-15-9-17-19(10-18(15)23)24-20(25-21(17)28)12-31-13(2)27/h1,4-7,9-10H,8,11-12H2,2H3,(H,29,30)(H,24,25,28). The van der Waals surface area contributed by atoms with E-state index in [2.05, 4.69) is 15.9 Å². The van der Waals surface area contributed by atoms with Crippen LogP contribution in [0.5, 0.6) is 0 Å². The SMILES string of the molecule is C#CCN(Cc1cc2c(=O)[nH]c(COC(C)=O)nc2cc1Cl)c1ccc(C(=O)O)cc1. The van der Waals surface area contributed by atoms with Crippen molar-refractivity contribution >= 4 is 40.1 Å². The molecule has 0 saturated carbocycles. The molecular weight excluding hydrogens is 422 g/mol. The van der Waals surface area contributed by atoms with E-state index in [0.717, 1.165) is 0 Å². The molecule has 0 aliphatic carbocycles. The molecule has 0 radical (unpaired) electrons. The molecule has 1 aromatic heterocycles. The summed E-state index contributed by atoms with van der Waals surface area (Å²) in [7, 11) is 0. The third kappa shape index (κ3) is 5.21. The number of aromatic carboxylic acids is 1. The zero-order valence-corrected chi connectivity index (χ0v) is 17.3. The Morgan fingerprint density at radius 1 is 1.29 bits per heavy atom. The van der Waals surface area contributed by atoms with Crippen LogP contribution < -0.4 is 10.5 Å². The number of carboxylic acids is 1. The molecule has 0 atom stereocenters. The average molecular weight is 440 g/mol. The minimum atomic E-state index is -1.02. The molecule has 3 rings (SSSR count). The smallest absolute Gasteiger partial charge is 0.335 e. The van der Waals surface area contributed by atoms with Crippen molar-refractivity contribution in [2.24, 2.45) is 0 Å². The van der Waals surface area contributed by atoms with Gasteiger partial charge in [-0.25, -0.2) is 9.78 Å². The number of aromatic amines is 1. The molecule has 0 aliphatic heterocycles. The van der Waals surface area contributed by atoms with Crippen LogP contribution in [0.15, 0.2) is 41.2 Å². The van der Waals surface area contributed by atoms with Crippen molar-refractivity contribution in [3.63, 3.8) is 0 Å². The molecule has 1 heterocycles. The van der Waals surface area contributed by atoms with E-state index in [4.69, 9.17) is 27.9 Å². The maximum absolute atomic E-state index is 12.5. The number of benzene rings is 2. The predicted molar refractivity (Wildman–Crippen MR) is 116 cm³/mol. The molecular formula is C22H18ClN3O5. The predicted octanol–water partition coefficient (Wildman–Crippen LogP) is 2.98. The summed E-state index contributed by atoms with van der Waals surface area (Å²) in [6.45, 7) is 1.65. The number of hydrogen-bond donors (Lipinski definition) is 2. The number of carbonyl (C=O) groups is 2. The quantitative estimate of drug-likeness (QED) is 0.430. The number of terminal acetylenes is 1. The molecule has 8 nitrogen and oxygen atoms in total. The average Bonchev–Trinajstić information content (AvgIpc) is 2.72. The second-order valence-corrected chi connectivity index (χ2v) is 7.07. The fourth-order valence-electron chi connectivity index (χ4n) is 2.98. The second kappa shape index (κ2) is 9.32. The number of nitrogens with one attached hydrogen (secondary N) is 1. The summed E-state index contributed by atoms with van der Waals surface area (Å²) in [6, 6.07) is 9.50. The zero-order chi connectivity index (χ0) is 22.5. The van der Waals surface area contributed by atoms with Gasteiger partial charge < -0.3 is 19.7 Å². The number of aromatic nitrogens is 2. The van der Waals surface area contributed by atoms with Gasteiger partial charge >= 0.3 is 11.9 Å². The van der Waals surface area contributed by atoms with E-state index in [0.29, 0.717) is 33.7 Å². The van der Waals surface area contributed by atoms with Gasteiger partial charge in [-0.15, -0.1) is 6.42 Å². The Morgan fingerprint density at radius 2 is 2.00 bits per heavy atom. The molecule has 0 bridgehead atoms. The number of fused-ring (bicyclic) bond motifs is 1. The summed E-state index contributed by atoms with van der Waals surface area (Å²) in [5.74, 6) is 1.27. The number of carboxylic acid groups (broad SMARTS) is 1. The van der Waals surface area contributed by atoms with Crippen LogP contribution in [0.3, 0.4) is 0 Å². The van der Waals surface area contributed by atoms with Crippen molar-refractivity contribution < 1.29 is 19.4 Å². The van der Waals surface area contributed by atoms with Crippen molar-refractivity contribution in [3.8, 4) is 12.3 Å². The van der Waals surface area contributed by atoms with Crippen LogP contribution in [0.25, 0.3) is 10.9 Å². The molecule has 0 unspecified atom stereocenters. The van der Waals surface area contributed by atoms with Gasteiger partial charge in [0.05, 0.1) is 23.0 Å². The molecule has 0 amide bonds. The molecule has 2 aromatic carbocycles. The Labute approximate surface area is 182 Å². The summed E-state index contributed by atoms with van der Waals surface area (Å²) in [6.07, 6.45) is 5.50. The molecule has 0 saturated heterocycles. The molecule has 3 aromatic rings. The summed E-state index contributed by atoms with van der Waals surface area (Å²) < 4.78 is 4.87. The van der Waals surface area contributed by atoms with Crippen LogP contribution in [-0.2, 0) is 22.7 Å². The molecule has 31 heavy (non-hydrogen) atoms.